The van der Waals surface area contributed by atoms with Crippen LogP contribution in [0.1, 0.15) is 11.1 Å². The molecule has 124 valence electrons. The first-order chi connectivity index (χ1) is 11.5. The third-order valence-corrected chi connectivity index (χ3v) is 3.25. The molecule has 0 aromatic heterocycles. The minimum atomic E-state index is -0.589. The monoisotopic (exact) mass is 327 g/mol. The van der Waals surface area contributed by atoms with Crippen LogP contribution < -0.4 is 15.2 Å². The van der Waals surface area contributed by atoms with Gasteiger partial charge in [0.1, 0.15) is 5.75 Å². The minimum absolute atomic E-state index is 0.0771. The lowest BCUT2D eigenvalue weighted by Gasteiger charge is -2.12. The molecule has 0 unspecified atom stereocenters. The van der Waals surface area contributed by atoms with E-state index in [1.54, 1.807) is 37.5 Å². The van der Waals surface area contributed by atoms with Gasteiger partial charge in [0.15, 0.2) is 0 Å². The van der Waals surface area contributed by atoms with Crippen molar-refractivity contribution in [2.75, 3.05) is 7.11 Å². The number of benzene rings is 2. The molecule has 0 radical (unpaired) electrons. The number of nitro benzene ring substituents is 1. The van der Waals surface area contributed by atoms with Crippen LogP contribution in [0, 0.1) is 10.1 Å². The normalized spacial score (nSPS) is 10.5. The van der Waals surface area contributed by atoms with E-state index in [0.717, 1.165) is 23.8 Å². The summed E-state index contributed by atoms with van der Waals surface area (Å²) in [5.41, 5.74) is 0.786. The highest BCUT2D eigenvalue weighted by Crippen LogP contribution is 2.20. The Morgan fingerprint density at radius 2 is 1.96 bits per heavy atom. The number of carbonyl (C=O) groups excluding carboxylic acids is 1. The summed E-state index contributed by atoms with van der Waals surface area (Å²) >= 11 is 0. The van der Waals surface area contributed by atoms with Crippen molar-refractivity contribution >= 4 is 17.7 Å². The lowest BCUT2D eigenvalue weighted by atomic mass is 10.1. The van der Waals surface area contributed by atoms with Gasteiger partial charge in [0.05, 0.1) is 12.0 Å². The van der Waals surface area contributed by atoms with Gasteiger partial charge >= 0.3 is 0 Å². The van der Waals surface area contributed by atoms with Gasteiger partial charge in [0, 0.05) is 24.8 Å². The Kier molecular flexibility index (Phi) is 5.51. The molecule has 0 saturated carbocycles. The number of methoxy groups -OCH3 is 1. The van der Waals surface area contributed by atoms with Gasteiger partial charge in [-0.15, -0.1) is 5.75 Å². The van der Waals surface area contributed by atoms with Gasteiger partial charge in [-0.05, 0) is 29.3 Å². The molecule has 2 aromatic rings. The van der Waals surface area contributed by atoms with Crippen molar-refractivity contribution < 1.29 is 19.6 Å². The summed E-state index contributed by atoms with van der Waals surface area (Å²) in [5.74, 6) is -0.0537. The molecule has 24 heavy (non-hydrogen) atoms. The summed E-state index contributed by atoms with van der Waals surface area (Å²) in [6, 6.07) is 10.5. The Morgan fingerprint density at radius 1 is 1.25 bits per heavy atom. The standard InChI is InChI=1S/C17H16N2O5/c1-24-15-6-2-12(3-7-15)4-9-17(21)18-11-13-10-14(19(22)23)5-8-16(13)20/h2-10,20H,11H2,1H3,(H,18,21)/p-1/b9-4+. The van der Waals surface area contributed by atoms with E-state index in [4.69, 9.17) is 4.74 Å². The third kappa shape index (κ3) is 4.57. The summed E-state index contributed by atoms with van der Waals surface area (Å²) in [6.07, 6.45) is 2.93. The van der Waals surface area contributed by atoms with Crippen LogP contribution >= 0.6 is 0 Å². The maximum atomic E-state index is 11.8. The topological polar surface area (TPSA) is 105 Å². The first kappa shape index (κ1) is 17.0. The number of hydrogen-bond acceptors (Lipinski definition) is 5. The average Bonchev–Trinajstić information content (AvgIpc) is 2.59. The molecular formula is C17H15N2O5-. The molecule has 0 spiro atoms. The fraction of sp³-hybridized carbons (Fsp3) is 0.118. The summed E-state index contributed by atoms with van der Waals surface area (Å²) in [5, 5.41) is 24.9. The van der Waals surface area contributed by atoms with Gasteiger partial charge < -0.3 is 15.2 Å². The van der Waals surface area contributed by atoms with Crippen molar-refractivity contribution in [3.8, 4) is 11.5 Å². The molecule has 7 nitrogen and oxygen atoms in total. The van der Waals surface area contributed by atoms with E-state index >= 15 is 0 Å². The minimum Gasteiger partial charge on any atom is -0.872 e. The summed E-state index contributed by atoms with van der Waals surface area (Å²) in [7, 11) is 1.57. The van der Waals surface area contributed by atoms with Crippen molar-refractivity contribution in [3.05, 3.63) is 69.8 Å². The largest absolute Gasteiger partial charge is 0.872 e. The van der Waals surface area contributed by atoms with E-state index in [0.29, 0.717) is 5.75 Å². The van der Waals surface area contributed by atoms with Crippen LogP contribution in [0.5, 0.6) is 11.5 Å². The molecule has 7 heteroatoms. The number of nitro groups is 1. The van der Waals surface area contributed by atoms with E-state index in [-0.39, 0.29) is 23.5 Å². The number of nitrogens with one attached hydrogen (secondary N) is 1. The first-order valence-corrected chi connectivity index (χ1v) is 7.04. The van der Waals surface area contributed by atoms with Crippen molar-refractivity contribution in [1.82, 2.24) is 5.32 Å². The van der Waals surface area contributed by atoms with E-state index in [2.05, 4.69) is 5.32 Å². The van der Waals surface area contributed by atoms with Crippen LogP contribution in [0.3, 0.4) is 0 Å². The second-order valence-electron chi connectivity index (χ2n) is 4.87. The number of nitrogens with zero attached hydrogens (tertiary/aromatic N) is 1. The SMILES string of the molecule is COc1ccc(/C=C/C(=O)NCc2cc([N+](=O)[O-])ccc2[O-])cc1. The number of ether oxygens (including phenoxy) is 1. The second kappa shape index (κ2) is 7.77. The highest BCUT2D eigenvalue weighted by molar-refractivity contribution is 5.91. The van der Waals surface area contributed by atoms with Crippen LogP contribution in [0.4, 0.5) is 5.69 Å². The van der Waals surface area contributed by atoms with Gasteiger partial charge in [-0.3, -0.25) is 14.9 Å². The zero-order valence-electron chi connectivity index (χ0n) is 12.9. The molecule has 0 aliphatic carbocycles. The van der Waals surface area contributed by atoms with Gasteiger partial charge in [-0.2, -0.15) is 0 Å². The molecule has 2 aromatic carbocycles. The number of amides is 1. The lowest BCUT2D eigenvalue weighted by Crippen LogP contribution is -2.21. The average molecular weight is 327 g/mol. The van der Waals surface area contributed by atoms with Crippen LogP contribution in [0.25, 0.3) is 6.08 Å². The molecule has 0 bridgehead atoms. The van der Waals surface area contributed by atoms with E-state index in [9.17, 15) is 20.0 Å². The number of hydrogen-bond donors (Lipinski definition) is 1. The Labute approximate surface area is 138 Å². The molecular weight excluding hydrogens is 312 g/mol. The number of carbonyl (C=O) groups is 1. The van der Waals surface area contributed by atoms with E-state index in [1.807, 2.05) is 0 Å². The van der Waals surface area contributed by atoms with Crippen LogP contribution in [0.15, 0.2) is 48.5 Å². The molecule has 1 N–H and O–H groups in total. The second-order valence-corrected chi connectivity index (χ2v) is 4.87. The molecule has 0 aliphatic rings. The zero-order chi connectivity index (χ0) is 17.5. The zero-order valence-corrected chi connectivity index (χ0v) is 12.9. The van der Waals surface area contributed by atoms with Gasteiger partial charge in [-0.25, -0.2) is 0 Å². The third-order valence-electron chi connectivity index (χ3n) is 3.25. The molecule has 2 rings (SSSR count). The van der Waals surface area contributed by atoms with Crippen LogP contribution in [0.2, 0.25) is 0 Å². The predicted octanol–water partition coefficient (Wildman–Crippen LogP) is 2.01. The van der Waals surface area contributed by atoms with Crippen molar-refractivity contribution in [1.29, 1.82) is 0 Å². The summed E-state index contributed by atoms with van der Waals surface area (Å²) in [6.45, 7) is -0.0771. The Morgan fingerprint density at radius 3 is 2.58 bits per heavy atom. The molecule has 1 amide bonds. The lowest BCUT2D eigenvalue weighted by molar-refractivity contribution is -0.385. The molecule has 0 saturated heterocycles. The van der Waals surface area contributed by atoms with Crippen molar-refractivity contribution in [2.24, 2.45) is 0 Å². The summed E-state index contributed by atoms with van der Waals surface area (Å²) in [4.78, 5) is 21.9. The van der Waals surface area contributed by atoms with E-state index in [1.165, 1.54) is 6.08 Å². The van der Waals surface area contributed by atoms with Crippen LogP contribution in [-0.2, 0) is 11.3 Å². The molecule has 0 atom stereocenters. The first-order valence-electron chi connectivity index (χ1n) is 7.04. The van der Waals surface area contributed by atoms with Crippen molar-refractivity contribution in [2.45, 2.75) is 6.54 Å². The highest BCUT2D eigenvalue weighted by atomic mass is 16.6. The summed E-state index contributed by atoms with van der Waals surface area (Å²) < 4.78 is 5.04. The quantitative estimate of drug-likeness (QED) is 0.496. The molecule has 0 fully saturated rings. The maximum absolute atomic E-state index is 11.8. The fourth-order valence-corrected chi connectivity index (χ4v) is 1.95. The number of non-ortho nitro benzene ring substituents is 1. The Bertz CT molecular complexity index is 769. The Balaban J connectivity index is 1.96. The van der Waals surface area contributed by atoms with Gasteiger partial charge in [0.2, 0.25) is 5.91 Å². The molecule has 0 aliphatic heterocycles. The Hall–Kier alpha value is -3.35. The van der Waals surface area contributed by atoms with Gasteiger partial charge in [-0.1, -0.05) is 18.2 Å². The van der Waals surface area contributed by atoms with Crippen LogP contribution in [-0.4, -0.2) is 17.9 Å². The fourth-order valence-electron chi connectivity index (χ4n) is 1.95. The van der Waals surface area contributed by atoms with E-state index < -0.39 is 10.8 Å². The van der Waals surface area contributed by atoms with Crippen molar-refractivity contribution in [3.63, 3.8) is 0 Å². The van der Waals surface area contributed by atoms with Gasteiger partial charge in [0.25, 0.3) is 5.69 Å². The number of rotatable bonds is 6. The highest BCUT2D eigenvalue weighted by Gasteiger charge is 2.07. The molecule has 0 heterocycles. The maximum Gasteiger partial charge on any atom is 0.269 e. The predicted molar refractivity (Wildman–Crippen MR) is 86.4 cm³/mol. The smallest absolute Gasteiger partial charge is 0.269 e.